The predicted molar refractivity (Wildman–Crippen MR) is 52.5 cm³/mol. The fraction of sp³-hybridized carbons (Fsp3) is 0.444. The van der Waals surface area contributed by atoms with Gasteiger partial charge in [0.1, 0.15) is 0 Å². The third-order valence-electron chi connectivity index (χ3n) is 2.19. The predicted octanol–water partition coefficient (Wildman–Crippen LogP) is 1.02. The van der Waals surface area contributed by atoms with Crippen LogP contribution in [0.1, 0.15) is 17.0 Å². The van der Waals surface area contributed by atoms with Gasteiger partial charge in [-0.15, -0.1) is 0 Å². The maximum absolute atomic E-state index is 11.5. The monoisotopic (exact) mass is 214 g/mol. The van der Waals surface area contributed by atoms with Crippen molar-refractivity contribution in [3.8, 4) is 0 Å². The zero-order valence-electron chi connectivity index (χ0n) is 7.55. The quantitative estimate of drug-likeness (QED) is 0.773. The summed E-state index contributed by atoms with van der Waals surface area (Å²) < 4.78 is 4.99. The van der Waals surface area contributed by atoms with Crippen LogP contribution in [0, 0.1) is 0 Å². The number of nitrogens with one attached hydrogen (secondary N) is 2. The van der Waals surface area contributed by atoms with E-state index in [0.29, 0.717) is 0 Å². The topological polar surface area (TPSA) is 54.3 Å². The molecule has 2 N–H and O–H groups in total. The lowest BCUT2D eigenvalue weighted by Gasteiger charge is -2.08. The van der Waals surface area contributed by atoms with E-state index in [1.807, 2.05) is 0 Å². The Morgan fingerprint density at radius 3 is 3.07 bits per heavy atom. The molecule has 0 aromatic carbocycles. The van der Waals surface area contributed by atoms with E-state index in [0.717, 1.165) is 19.5 Å². The summed E-state index contributed by atoms with van der Waals surface area (Å²) in [5.41, 5.74) is 0. The van der Waals surface area contributed by atoms with E-state index in [2.05, 4.69) is 10.6 Å². The summed E-state index contributed by atoms with van der Waals surface area (Å²) in [6.07, 6.45) is 0.959. The van der Waals surface area contributed by atoms with Crippen LogP contribution in [0.25, 0.3) is 0 Å². The smallest absolute Gasteiger partial charge is 0.287 e. The average Bonchev–Trinajstić information content (AvgIpc) is 2.75. The number of hydrogen-bond acceptors (Lipinski definition) is 3. The Morgan fingerprint density at radius 2 is 2.50 bits per heavy atom. The minimum absolute atomic E-state index is 0.200. The lowest BCUT2D eigenvalue weighted by atomic mass is 10.2. The summed E-state index contributed by atoms with van der Waals surface area (Å²) in [6, 6.07) is 3.33. The Hall–Kier alpha value is -1.00. The second-order valence-corrected chi connectivity index (χ2v) is 3.64. The van der Waals surface area contributed by atoms with Gasteiger partial charge in [-0.25, -0.2) is 0 Å². The summed E-state index contributed by atoms with van der Waals surface area (Å²) in [5.74, 6) is 0.0625. The fourth-order valence-corrected chi connectivity index (χ4v) is 1.62. The number of amides is 1. The zero-order chi connectivity index (χ0) is 9.97. The van der Waals surface area contributed by atoms with E-state index in [9.17, 15) is 4.79 Å². The van der Waals surface area contributed by atoms with Crippen molar-refractivity contribution in [2.24, 2.45) is 0 Å². The maximum Gasteiger partial charge on any atom is 0.287 e. The first-order chi connectivity index (χ1) is 6.75. The van der Waals surface area contributed by atoms with Crippen LogP contribution in [0.5, 0.6) is 0 Å². The van der Waals surface area contributed by atoms with Gasteiger partial charge in [-0.1, -0.05) is 0 Å². The molecule has 1 saturated heterocycles. The molecule has 1 aromatic heterocycles. The molecular formula is C9H11ClN2O2. The van der Waals surface area contributed by atoms with E-state index in [4.69, 9.17) is 16.0 Å². The summed E-state index contributed by atoms with van der Waals surface area (Å²) in [4.78, 5) is 11.5. The molecule has 0 bridgehead atoms. The van der Waals surface area contributed by atoms with Crippen molar-refractivity contribution in [3.63, 3.8) is 0 Å². The van der Waals surface area contributed by atoms with Gasteiger partial charge in [0.05, 0.1) is 0 Å². The minimum Gasteiger partial charge on any atom is -0.440 e. The standard InChI is InChI=1S/C9H11ClN2O2/c10-8-2-1-7(14-8)9(13)12-6-3-4-11-5-6/h1-2,6,11H,3-5H2,(H,12,13)/t6-/m0/s1. The van der Waals surface area contributed by atoms with E-state index < -0.39 is 0 Å². The van der Waals surface area contributed by atoms with Crippen LogP contribution >= 0.6 is 11.6 Å². The Labute approximate surface area is 86.6 Å². The fourth-order valence-electron chi connectivity index (χ4n) is 1.47. The van der Waals surface area contributed by atoms with Crippen molar-refractivity contribution in [2.75, 3.05) is 13.1 Å². The molecule has 1 aliphatic rings. The van der Waals surface area contributed by atoms with Crippen molar-refractivity contribution in [1.29, 1.82) is 0 Å². The molecule has 4 nitrogen and oxygen atoms in total. The Bertz CT molecular complexity index is 331. The second-order valence-electron chi connectivity index (χ2n) is 3.27. The number of rotatable bonds is 2. The minimum atomic E-state index is -0.203. The molecule has 0 spiro atoms. The van der Waals surface area contributed by atoms with Gasteiger partial charge in [0.2, 0.25) is 0 Å². The molecule has 2 rings (SSSR count). The van der Waals surface area contributed by atoms with Crippen LogP contribution in [0.3, 0.4) is 0 Å². The van der Waals surface area contributed by atoms with Gasteiger partial charge in [0, 0.05) is 12.6 Å². The molecule has 1 amide bonds. The highest BCUT2D eigenvalue weighted by atomic mass is 35.5. The molecule has 76 valence electrons. The number of carbonyl (C=O) groups excluding carboxylic acids is 1. The Morgan fingerprint density at radius 1 is 1.64 bits per heavy atom. The van der Waals surface area contributed by atoms with E-state index >= 15 is 0 Å². The molecular weight excluding hydrogens is 204 g/mol. The zero-order valence-corrected chi connectivity index (χ0v) is 8.30. The van der Waals surface area contributed by atoms with Crippen molar-refractivity contribution >= 4 is 17.5 Å². The van der Waals surface area contributed by atoms with Crippen LogP contribution in [0.4, 0.5) is 0 Å². The van der Waals surface area contributed by atoms with Gasteiger partial charge >= 0.3 is 0 Å². The van der Waals surface area contributed by atoms with Crippen LogP contribution < -0.4 is 10.6 Å². The van der Waals surface area contributed by atoms with Crippen LogP contribution in [-0.2, 0) is 0 Å². The van der Waals surface area contributed by atoms with Crippen molar-refractivity contribution < 1.29 is 9.21 Å². The molecule has 1 atom stereocenters. The molecule has 0 radical (unpaired) electrons. The molecule has 0 aliphatic carbocycles. The molecule has 5 heteroatoms. The lowest BCUT2D eigenvalue weighted by molar-refractivity contribution is 0.0912. The number of hydrogen-bond donors (Lipinski definition) is 2. The Balaban J connectivity index is 1.95. The van der Waals surface area contributed by atoms with Gasteiger partial charge in [-0.2, -0.15) is 0 Å². The molecule has 1 aromatic rings. The maximum atomic E-state index is 11.5. The third-order valence-corrected chi connectivity index (χ3v) is 2.40. The largest absolute Gasteiger partial charge is 0.440 e. The summed E-state index contributed by atoms with van der Waals surface area (Å²) in [5, 5.41) is 6.25. The first-order valence-electron chi connectivity index (χ1n) is 4.52. The SMILES string of the molecule is O=C(N[C@H]1CCNC1)c1ccc(Cl)o1. The van der Waals surface area contributed by atoms with Gasteiger partial charge < -0.3 is 15.1 Å². The van der Waals surface area contributed by atoms with Gasteiger partial charge in [0.15, 0.2) is 11.0 Å². The highest BCUT2D eigenvalue weighted by Crippen LogP contribution is 2.13. The lowest BCUT2D eigenvalue weighted by Crippen LogP contribution is -2.35. The van der Waals surface area contributed by atoms with E-state index in [1.165, 1.54) is 0 Å². The summed E-state index contributed by atoms with van der Waals surface area (Å²) in [7, 11) is 0. The molecule has 1 fully saturated rings. The van der Waals surface area contributed by atoms with E-state index in [1.54, 1.807) is 12.1 Å². The van der Waals surface area contributed by atoms with Crippen LogP contribution in [-0.4, -0.2) is 25.0 Å². The number of halogens is 1. The first kappa shape index (κ1) is 9.55. The molecule has 2 heterocycles. The molecule has 1 aliphatic heterocycles. The number of carbonyl (C=O) groups is 1. The highest BCUT2D eigenvalue weighted by Gasteiger charge is 2.19. The number of furan rings is 1. The summed E-state index contributed by atoms with van der Waals surface area (Å²) in [6.45, 7) is 1.77. The highest BCUT2D eigenvalue weighted by molar-refractivity contribution is 6.29. The van der Waals surface area contributed by atoms with Crippen LogP contribution in [0.2, 0.25) is 5.22 Å². The second kappa shape index (κ2) is 4.02. The molecule has 0 unspecified atom stereocenters. The summed E-state index contributed by atoms with van der Waals surface area (Å²) >= 11 is 5.56. The van der Waals surface area contributed by atoms with Gasteiger partial charge in [0.25, 0.3) is 5.91 Å². The third kappa shape index (κ3) is 2.08. The molecule has 14 heavy (non-hydrogen) atoms. The van der Waals surface area contributed by atoms with E-state index in [-0.39, 0.29) is 22.9 Å². The van der Waals surface area contributed by atoms with Crippen molar-refractivity contribution in [1.82, 2.24) is 10.6 Å². The Kier molecular flexibility index (Phi) is 2.74. The molecule has 0 saturated carbocycles. The van der Waals surface area contributed by atoms with Crippen molar-refractivity contribution in [3.05, 3.63) is 23.1 Å². The normalized spacial score (nSPS) is 21.1. The van der Waals surface area contributed by atoms with Crippen molar-refractivity contribution in [2.45, 2.75) is 12.5 Å². The average molecular weight is 215 g/mol. The van der Waals surface area contributed by atoms with Gasteiger partial charge in [-0.3, -0.25) is 4.79 Å². The first-order valence-corrected chi connectivity index (χ1v) is 4.90. The van der Waals surface area contributed by atoms with Crippen LogP contribution in [0.15, 0.2) is 16.5 Å². The van der Waals surface area contributed by atoms with Gasteiger partial charge in [-0.05, 0) is 36.7 Å².